The van der Waals surface area contributed by atoms with E-state index in [1.165, 1.54) is 11.4 Å². The van der Waals surface area contributed by atoms with E-state index in [9.17, 15) is 0 Å². The van der Waals surface area contributed by atoms with Crippen molar-refractivity contribution in [2.75, 3.05) is 25.1 Å². The fourth-order valence-electron chi connectivity index (χ4n) is 2.58. The van der Waals surface area contributed by atoms with Gasteiger partial charge < -0.3 is 10.6 Å². The summed E-state index contributed by atoms with van der Waals surface area (Å²) in [7, 11) is 2.18. The second kappa shape index (κ2) is 6.61. The summed E-state index contributed by atoms with van der Waals surface area (Å²) in [5.41, 5.74) is 8.74. The smallest absolute Gasteiger partial charge is 0.0738 e. The average molecular weight is 347 g/mol. The van der Waals surface area contributed by atoms with E-state index in [0.29, 0.717) is 6.04 Å². The van der Waals surface area contributed by atoms with Crippen molar-refractivity contribution in [2.24, 2.45) is 5.73 Å². The van der Waals surface area contributed by atoms with Gasteiger partial charge in [-0.25, -0.2) is 0 Å². The Hall–Kier alpha value is -0.0400. The Morgan fingerprint density at radius 1 is 1.58 bits per heavy atom. The van der Waals surface area contributed by atoms with Crippen LogP contribution in [0.5, 0.6) is 0 Å². The average Bonchev–Trinajstić information content (AvgIpc) is 2.67. The molecule has 1 aromatic heterocycles. The summed E-state index contributed by atoms with van der Waals surface area (Å²) in [6.07, 6.45) is 0.880. The third-order valence-electron chi connectivity index (χ3n) is 3.82. The molecule has 1 aliphatic heterocycles. The number of hydrogen-bond acceptors (Lipinski definition) is 4. The summed E-state index contributed by atoms with van der Waals surface area (Å²) in [6.45, 7) is 6.18. The van der Waals surface area contributed by atoms with Gasteiger partial charge in [-0.2, -0.15) is 16.9 Å². The molecule has 6 heteroatoms. The highest BCUT2D eigenvalue weighted by Crippen LogP contribution is 2.24. The second-order valence-electron chi connectivity index (χ2n) is 5.15. The molecule has 108 valence electrons. The predicted molar refractivity (Wildman–Crippen MR) is 85.8 cm³/mol. The van der Waals surface area contributed by atoms with Crippen molar-refractivity contribution < 1.29 is 0 Å². The summed E-state index contributed by atoms with van der Waals surface area (Å²) in [5.74, 6) is 2.35. The maximum absolute atomic E-state index is 6.46. The Labute approximate surface area is 128 Å². The van der Waals surface area contributed by atoms with Gasteiger partial charge in [0.15, 0.2) is 0 Å². The Bertz CT molecular complexity index is 435. The number of nitrogens with two attached hydrogens (primary N) is 1. The number of rotatable bonds is 4. The molecule has 19 heavy (non-hydrogen) atoms. The lowest BCUT2D eigenvalue weighted by molar-refractivity contribution is 0.234. The molecule has 0 saturated carbocycles. The first-order chi connectivity index (χ1) is 9.04. The molecule has 1 saturated heterocycles. The van der Waals surface area contributed by atoms with Crippen LogP contribution in [0.15, 0.2) is 4.47 Å². The Kier molecular flexibility index (Phi) is 5.34. The lowest BCUT2D eigenvalue weighted by Crippen LogP contribution is -2.51. The molecule has 2 N–H and O–H groups in total. The van der Waals surface area contributed by atoms with E-state index in [2.05, 4.69) is 44.6 Å². The van der Waals surface area contributed by atoms with E-state index < -0.39 is 0 Å². The predicted octanol–water partition coefficient (Wildman–Crippen LogP) is 1.89. The minimum atomic E-state index is 0.162. The van der Waals surface area contributed by atoms with Gasteiger partial charge in [0, 0.05) is 43.1 Å². The molecule has 0 radical (unpaired) electrons. The van der Waals surface area contributed by atoms with Crippen molar-refractivity contribution >= 4 is 27.7 Å². The molecule has 2 unspecified atom stereocenters. The van der Waals surface area contributed by atoms with Gasteiger partial charge in [-0.1, -0.05) is 0 Å². The van der Waals surface area contributed by atoms with Crippen molar-refractivity contribution in [1.82, 2.24) is 14.7 Å². The van der Waals surface area contributed by atoms with E-state index in [4.69, 9.17) is 5.73 Å². The van der Waals surface area contributed by atoms with Crippen LogP contribution in [-0.4, -0.2) is 51.9 Å². The number of likely N-dealkylation sites (N-methyl/N-ethyl adjacent to an activating group) is 1. The summed E-state index contributed by atoms with van der Waals surface area (Å²) in [6, 6.07) is 0.627. The molecule has 0 aliphatic carbocycles. The van der Waals surface area contributed by atoms with Crippen molar-refractivity contribution in [3.63, 3.8) is 0 Å². The van der Waals surface area contributed by atoms with Crippen LogP contribution < -0.4 is 5.73 Å². The summed E-state index contributed by atoms with van der Waals surface area (Å²) < 4.78 is 3.19. The highest BCUT2D eigenvalue weighted by atomic mass is 79.9. The largest absolute Gasteiger partial charge is 0.326 e. The van der Waals surface area contributed by atoms with E-state index in [0.717, 1.165) is 35.4 Å². The van der Waals surface area contributed by atoms with Gasteiger partial charge in [0.1, 0.15) is 0 Å². The highest BCUT2D eigenvalue weighted by Gasteiger charge is 2.27. The Morgan fingerprint density at radius 3 is 2.95 bits per heavy atom. The summed E-state index contributed by atoms with van der Waals surface area (Å²) in [4.78, 5) is 2.40. The van der Waals surface area contributed by atoms with Crippen LogP contribution in [0, 0.1) is 6.92 Å². The fourth-order valence-corrected chi connectivity index (χ4v) is 4.35. The van der Waals surface area contributed by atoms with E-state index in [1.807, 2.05) is 18.7 Å². The fraction of sp³-hybridized carbons (Fsp3) is 0.769. The lowest BCUT2D eigenvalue weighted by Gasteiger charge is -2.36. The Balaban J connectivity index is 2.11. The molecular formula is C13H23BrN4S. The van der Waals surface area contributed by atoms with Crippen LogP contribution in [0.1, 0.15) is 18.3 Å². The summed E-state index contributed by atoms with van der Waals surface area (Å²) >= 11 is 5.66. The topological polar surface area (TPSA) is 47.1 Å². The highest BCUT2D eigenvalue weighted by molar-refractivity contribution is 9.10. The number of halogens is 1. The van der Waals surface area contributed by atoms with Crippen LogP contribution in [0.2, 0.25) is 0 Å². The van der Waals surface area contributed by atoms with Gasteiger partial charge >= 0.3 is 0 Å². The van der Waals surface area contributed by atoms with E-state index in [1.54, 1.807) is 0 Å². The number of nitrogens with zero attached hydrogens (tertiary/aromatic N) is 3. The van der Waals surface area contributed by atoms with Gasteiger partial charge in [0.2, 0.25) is 0 Å². The Morgan fingerprint density at radius 2 is 2.32 bits per heavy atom. The number of hydrogen-bond donors (Lipinski definition) is 1. The van der Waals surface area contributed by atoms with Crippen LogP contribution in [0.25, 0.3) is 0 Å². The molecule has 2 heterocycles. The first-order valence-corrected chi connectivity index (χ1v) is 8.74. The zero-order valence-corrected chi connectivity index (χ0v) is 14.3. The number of thioether (sulfide) groups is 1. The van der Waals surface area contributed by atoms with Crippen LogP contribution in [-0.2, 0) is 13.0 Å². The number of aryl methyl sites for hydroxylation is 2. The normalized spacial score (nSPS) is 22.7. The first kappa shape index (κ1) is 15.4. The van der Waals surface area contributed by atoms with E-state index >= 15 is 0 Å². The second-order valence-corrected chi connectivity index (χ2v) is 7.10. The molecule has 2 rings (SSSR count). The van der Waals surface area contributed by atoms with E-state index in [-0.39, 0.29) is 6.04 Å². The SMILES string of the molecule is CCn1nc(C)c(Br)c1CC(N)C1CSCCN1C. The molecule has 2 atom stereocenters. The molecule has 1 aromatic rings. The molecule has 0 spiro atoms. The van der Waals surface area contributed by atoms with Gasteiger partial charge in [-0.15, -0.1) is 0 Å². The first-order valence-electron chi connectivity index (χ1n) is 6.80. The van der Waals surface area contributed by atoms with Crippen molar-refractivity contribution in [1.29, 1.82) is 0 Å². The van der Waals surface area contributed by atoms with Crippen LogP contribution in [0.3, 0.4) is 0 Å². The maximum Gasteiger partial charge on any atom is 0.0738 e. The van der Waals surface area contributed by atoms with Gasteiger partial charge in [0.05, 0.1) is 15.9 Å². The van der Waals surface area contributed by atoms with Crippen LogP contribution >= 0.6 is 27.7 Å². The molecule has 0 bridgehead atoms. The van der Waals surface area contributed by atoms with Gasteiger partial charge in [0.25, 0.3) is 0 Å². The van der Waals surface area contributed by atoms with Gasteiger partial charge in [-0.3, -0.25) is 4.68 Å². The zero-order chi connectivity index (χ0) is 14.0. The van der Waals surface area contributed by atoms with Gasteiger partial charge in [-0.05, 0) is 36.8 Å². The molecule has 1 aliphatic rings. The molecule has 0 aromatic carbocycles. The zero-order valence-electron chi connectivity index (χ0n) is 11.9. The monoisotopic (exact) mass is 346 g/mol. The third kappa shape index (κ3) is 3.35. The summed E-state index contributed by atoms with van der Waals surface area (Å²) in [5, 5.41) is 4.54. The molecular weight excluding hydrogens is 324 g/mol. The minimum Gasteiger partial charge on any atom is -0.326 e. The lowest BCUT2D eigenvalue weighted by atomic mass is 10.0. The van der Waals surface area contributed by atoms with Crippen molar-refractivity contribution in [2.45, 2.75) is 38.9 Å². The van der Waals surface area contributed by atoms with Crippen LogP contribution in [0.4, 0.5) is 0 Å². The molecule has 1 fully saturated rings. The minimum absolute atomic E-state index is 0.162. The molecule has 4 nitrogen and oxygen atoms in total. The third-order valence-corrected chi connectivity index (χ3v) is 5.90. The quantitative estimate of drug-likeness (QED) is 0.904. The van der Waals surface area contributed by atoms with Crippen molar-refractivity contribution in [3.8, 4) is 0 Å². The molecule has 0 amide bonds. The number of aromatic nitrogens is 2. The standard InChI is InChI=1S/C13H23BrN4S/c1-4-18-11(13(14)9(2)16-18)7-10(15)12-8-19-6-5-17(12)3/h10,12H,4-8,15H2,1-3H3. The maximum atomic E-state index is 6.46. The van der Waals surface area contributed by atoms with Crippen molar-refractivity contribution in [3.05, 3.63) is 15.9 Å².